The summed E-state index contributed by atoms with van der Waals surface area (Å²) < 4.78 is 28.1. The second kappa shape index (κ2) is 8.50. The van der Waals surface area contributed by atoms with Gasteiger partial charge in [0, 0.05) is 30.8 Å². The molecule has 27 heavy (non-hydrogen) atoms. The Labute approximate surface area is 168 Å². The highest BCUT2D eigenvalue weighted by Crippen LogP contribution is 2.26. The zero-order valence-corrected chi connectivity index (χ0v) is 17.5. The van der Waals surface area contributed by atoms with Crippen molar-refractivity contribution in [2.75, 3.05) is 20.1 Å². The molecule has 1 aromatic heterocycles. The van der Waals surface area contributed by atoms with Gasteiger partial charge in [-0.1, -0.05) is 22.0 Å². The molecule has 1 aliphatic rings. The zero-order chi connectivity index (χ0) is 19.4. The number of piperidine rings is 1. The van der Waals surface area contributed by atoms with Gasteiger partial charge in [0.2, 0.25) is 15.9 Å². The Hall–Kier alpha value is -1.77. The van der Waals surface area contributed by atoms with Crippen LogP contribution >= 0.6 is 15.9 Å². The van der Waals surface area contributed by atoms with Crippen molar-refractivity contribution in [1.29, 1.82) is 0 Å². The van der Waals surface area contributed by atoms with Gasteiger partial charge in [0.25, 0.3) is 0 Å². The average molecular weight is 452 g/mol. The highest BCUT2D eigenvalue weighted by molar-refractivity contribution is 9.10. The first kappa shape index (κ1) is 20.0. The maximum atomic E-state index is 12.9. The van der Waals surface area contributed by atoms with E-state index >= 15 is 0 Å². The van der Waals surface area contributed by atoms with E-state index in [9.17, 15) is 13.2 Å². The molecular weight excluding hydrogens is 430 g/mol. The first-order chi connectivity index (χ1) is 12.9. The molecule has 8 heteroatoms. The van der Waals surface area contributed by atoms with Crippen molar-refractivity contribution in [3.8, 4) is 0 Å². The third kappa shape index (κ3) is 4.75. The van der Waals surface area contributed by atoms with Crippen LogP contribution in [0.15, 0.2) is 58.0 Å². The van der Waals surface area contributed by atoms with Crippen LogP contribution in [-0.2, 0) is 21.4 Å². The van der Waals surface area contributed by atoms with Crippen LogP contribution in [0.25, 0.3) is 0 Å². The number of aromatic nitrogens is 1. The lowest BCUT2D eigenvalue weighted by Gasteiger charge is -2.33. The molecule has 2 heterocycles. The summed E-state index contributed by atoms with van der Waals surface area (Å²) in [5.41, 5.74) is 0.809. The molecule has 0 saturated carbocycles. The van der Waals surface area contributed by atoms with Gasteiger partial charge >= 0.3 is 0 Å². The lowest BCUT2D eigenvalue weighted by molar-refractivity contribution is -0.135. The molecule has 1 saturated heterocycles. The molecule has 1 fully saturated rings. The summed E-state index contributed by atoms with van der Waals surface area (Å²) in [5, 5.41) is 0. The zero-order valence-electron chi connectivity index (χ0n) is 15.1. The van der Waals surface area contributed by atoms with Gasteiger partial charge in [-0.3, -0.25) is 9.78 Å². The standard InChI is InChI=1S/C19H22BrN3O3S/c1-22(14-17-6-2-3-11-21-17)19(24)15-5-4-12-23(13-15)27(25,26)18-9-7-16(20)8-10-18/h2-3,6-11,15H,4-5,12-14H2,1H3. The second-order valence-electron chi connectivity index (χ2n) is 6.67. The van der Waals surface area contributed by atoms with Crippen LogP contribution < -0.4 is 0 Å². The van der Waals surface area contributed by atoms with E-state index in [1.165, 1.54) is 4.31 Å². The Bertz CT molecular complexity index is 888. The number of hydrogen-bond acceptors (Lipinski definition) is 4. The van der Waals surface area contributed by atoms with Crippen molar-refractivity contribution in [1.82, 2.24) is 14.2 Å². The highest BCUT2D eigenvalue weighted by Gasteiger charge is 2.34. The number of hydrogen-bond donors (Lipinski definition) is 0. The maximum absolute atomic E-state index is 12.9. The van der Waals surface area contributed by atoms with E-state index < -0.39 is 10.0 Å². The average Bonchev–Trinajstić information content (AvgIpc) is 2.68. The Morgan fingerprint density at radius 3 is 2.67 bits per heavy atom. The van der Waals surface area contributed by atoms with E-state index in [0.717, 1.165) is 10.2 Å². The molecule has 0 radical (unpaired) electrons. The van der Waals surface area contributed by atoms with Gasteiger partial charge in [0.1, 0.15) is 0 Å². The number of benzene rings is 1. The van der Waals surface area contributed by atoms with Gasteiger partial charge < -0.3 is 4.90 Å². The topological polar surface area (TPSA) is 70.6 Å². The first-order valence-corrected chi connectivity index (χ1v) is 11.0. The van der Waals surface area contributed by atoms with Crippen molar-refractivity contribution in [3.63, 3.8) is 0 Å². The lowest BCUT2D eigenvalue weighted by atomic mass is 9.98. The lowest BCUT2D eigenvalue weighted by Crippen LogP contribution is -2.45. The quantitative estimate of drug-likeness (QED) is 0.700. The minimum atomic E-state index is -3.60. The molecule has 1 unspecified atom stereocenters. The van der Waals surface area contributed by atoms with Gasteiger partial charge in [0.05, 0.1) is 23.1 Å². The number of carbonyl (C=O) groups is 1. The highest BCUT2D eigenvalue weighted by atomic mass is 79.9. The summed E-state index contributed by atoms with van der Waals surface area (Å²) in [7, 11) is -1.87. The van der Waals surface area contributed by atoms with E-state index in [1.807, 2.05) is 18.2 Å². The molecule has 0 N–H and O–H groups in total. The summed E-state index contributed by atoms with van der Waals surface area (Å²) in [5.74, 6) is -0.381. The van der Waals surface area contributed by atoms with Gasteiger partial charge in [-0.25, -0.2) is 8.42 Å². The molecule has 1 aromatic carbocycles. The van der Waals surface area contributed by atoms with E-state index in [-0.39, 0.29) is 23.3 Å². The summed E-state index contributed by atoms with van der Waals surface area (Å²) in [6, 6.07) is 12.2. The fourth-order valence-corrected chi connectivity index (χ4v) is 5.03. The van der Waals surface area contributed by atoms with E-state index in [0.29, 0.717) is 25.9 Å². The number of carbonyl (C=O) groups excluding carboxylic acids is 1. The molecule has 1 amide bonds. The summed E-state index contributed by atoms with van der Waals surface area (Å²) in [4.78, 5) is 18.9. The molecule has 2 aromatic rings. The van der Waals surface area contributed by atoms with Crippen molar-refractivity contribution in [2.24, 2.45) is 5.92 Å². The van der Waals surface area contributed by atoms with Crippen LogP contribution in [0.2, 0.25) is 0 Å². The minimum Gasteiger partial charge on any atom is -0.340 e. The molecule has 144 valence electrons. The smallest absolute Gasteiger partial charge is 0.243 e. The molecule has 1 aliphatic heterocycles. The third-order valence-electron chi connectivity index (χ3n) is 4.69. The number of sulfonamides is 1. The second-order valence-corrected chi connectivity index (χ2v) is 9.53. The van der Waals surface area contributed by atoms with Crippen LogP contribution in [0.4, 0.5) is 0 Å². The number of rotatable bonds is 5. The number of nitrogens with zero attached hydrogens (tertiary/aromatic N) is 3. The predicted molar refractivity (Wildman–Crippen MR) is 106 cm³/mol. The van der Waals surface area contributed by atoms with Gasteiger partial charge in [-0.15, -0.1) is 0 Å². The van der Waals surface area contributed by atoms with E-state index in [4.69, 9.17) is 0 Å². The van der Waals surface area contributed by atoms with Crippen molar-refractivity contribution in [3.05, 3.63) is 58.8 Å². The number of halogens is 1. The third-order valence-corrected chi connectivity index (χ3v) is 7.09. The van der Waals surface area contributed by atoms with Gasteiger partial charge in [-0.2, -0.15) is 4.31 Å². The molecule has 3 rings (SSSR count). The monoisotopic (exact) mass is 451 g/mol. The van der Waals surface area contributed by atoms with Crippen LogP contribution in [0.3, 0.4) is 0 Å². The fourth-order valence-electron chi connectivity index (χ4n) is 3.24. The van der Waals surface area contributed by atoms with Crippen molar-refractivity contribution < 1.29 is 13.2 Å². The van der Waals surface area contributed by atoms with E-state index in [2.05, 4.69) is 20.9 Å². The van der Waals surface area contributed by atoms with Gasteiger partial charge in [0.15, 0.2) is 0 Å². The van der Waals surface area contributed by atoms with Gasteiger partial charge in [-0.05, 0) is 49.2 Å². The Morgan fingerprint density at radius 2 is 2.00 bits per heavy atom. The first-order valence-electron chi connectivity index (χ1n) is 8.78. The number of pyridine rings is 1. The van der Waals surface area contributed by atoms with Crippen molar-refractivity contribution in [2.45, 2.75) is 24.3 Å². The maximum Gasteiger partial charge on any atom is 0.243 e. The van der Waals surface area contributed by atoms with Crippen molar-refractivity contribution >= 4 is 31.9 Å². The van der Waals surface area contributed by atoms with Crippen LogP contribution in [0.5, 0.6) is 0 Å². The molecule has 0 aliphatic carbocycles. The number of amides is 1. The SMILES string of the molecule is CN(Cc1ccccn1)C(=O)C1CCCN(S(=O)(=O)c2ccc(Br)cc2)C1. The molecule has 0 bridgehead atoms. The van der Waals surface area contributed by atoms with Crippen LogP contribution in [0, 0.1) is 5.92 Å². The summed E-state index contributed by atoms with van der Waals surface area (Å²) in [6.07, 6.45) is 3.06. The summed E-state index contributed by atoms with van der Waals surface area (Å²) >= 11 is 3.32. The largest absolute Gasteiger partial charge is 0.340 e. The normalized spacial score (nSPS) is 18.2. The van der Waals surface area contributed by atoms with Crippen LogP contribution in [-0.4, -0.2) is 48.7 Å². The summed E-state index contributed by atoms with van der Waals surface area (Å²) in [6.45, 7) is 1.06. The molecular formula is C19H22BrN3O3S. The minimum absolute atomic E-state index is 0.0450. The fraction of sp³-hybridized carbons (Fsp3) is 0.368. The predicted octanol–water partition coefficient (Wildman–Crippen LogP) is 2.90. The Balaban J connectivity index is 1.69. The Kier molecular flexibility index (Phi) is 6.29. The van der Waals surface area contributed by atoms with E-state index in [1.54, 1.807) is 42.4 Å². The molecule has 0 spiro atoms. The molecule has 1 atom stereocenters. The Morgan fingerprint density at radius 1 is 1.26 bits per heavy atom. The van der Waals surface area contributed by atoms with Crippen LogP contribution in [0.1, 0.15) is 18.5 Å². The molecule has 6 nitrogen and oxygen atoms in total.